The van der Waals surface area contributed by atoms with Crippen LogP contribution in [-0.2, 0) is 0 Å². The average molecular weight is 219 g/mol. The summed E-state index contributed by atoms with van der Waals surface area (Å²) in [5.74, 6) is -0.592. The van der Waals surface area contributed by atoms with Crippen LogP contribution in [0.1, 0.15) is 10.5 Å². The molecule has 0 unspecified atom stereocenters. The highest BCUT2D eigenvalue weighted by molar-refractivity contribution is 7.19. The zero-order valence-corrected chi connectivity index (χ0v) is 8.62. The van der Waals surface area contributed by atoms with Crippen molar-refractivity contribution in [3.8, 4) is 10.6 Å². The topological polar surface area (TPSA) is 82.0 Å². The number of amides is 1. The molecule has 76 valence electrons. The maximum absolute atomic E-state index is 11.0. The molecule has 4 N–H and O–H groups in total. The summed E-state index contributed by atoms with van der Waals surface area (Å²) in [6, 6.07) is 9.52. The highest BCUT2D eigenvalue weighted by atomic mass is 32.1. The van der Waals surface area contributed by atoms with E-state index in [4.69, 9.17) is 11.5 Å². The molecule has 15 heavy (non-hydrogen) atoms. The van der Waals surface area contributed by atoms with E-state index in [0.717, 1.165) is 5.56 Å². The zero-order valence-electron chi connectivity index (χ0n) is 7.81. The Bertz CT molecular complexity index is 493. The molecule has 0 spiro atoms. The predicted molar refractivity (Wildman–Crippen MR) is 60.5 cm³/mol. The van der Waals surface area contributed by atoms with Crippen molar-refractivity contribution in [2.75, 3.05) is 5.73 Å². The van der Waals surface area contributed by atoms with Gasteiger partial charge < -0.3 is 11.5 Å². The molecule has 0 aliphatic heterocycles. The molecule has 1 heterocycles. The summed E-state index contributed by atoms with van der Waals surface area (Å²) < 4.78 is 0. The van der Waals surface area contributed by atoms with Crippen LogP contribution in [-0.4, -0.2) is 10.9 Å². The predicted octanol–water partition coefficient (Wildman–Crippen LogP) is 1.49. The van der Waals surface area contributed by atoms with Crippen LogP contribution < -0.4 is 11.5 Å². The van der Waals surface area contributed by atoms with E-state index >= 15 is 0 Å². The third-order valence-electron chi connectivity index (χ3n) is 1.91. The van der Waals surface area contributed by atoms with Crippen molar-refractivity contribution in [1.29, 1.82) is 0 Å². The van der Waals surface area contributed by atoms with Gasteiger partial charge in [0.2, 0.25) is 0 Å². The number of nitrogens with zero attached hydrogens (tertiary/aromatic N) is 1. The number of rotatable bonds is 2. The number of benzene rings is 1. The van der Waals surface area contributed by atoms with Crippen LogP contribution >= 0.6 is 11.3 Å². The molecule has 2 rings (SSSR count). The Labute approximate surface area is 90.6 Å². The van der Waals surface area contributed by atoms with Crippen molar-refractivity contribution >= 4 is 22.2 Å². The first-order valence-electron chi connectivity index (χ1n) is 4.30. The second-order valence-electron chi connectivity index (χ2n) is 2.96. The van der Waals surface area contributed by atoms with Gasteiger partial charge in [-0.05, 0) is 0 Å². The zero-order chi connectivity index (χ0) is 10.8. The maximum Gasteiger partial charge on any atom is 0.270 e. The molecular weight excluding hydrogens is 210 g/mol. The van der Waals surface area contributed by atoms with Crippen LogP contribution in [0.3, 0.4) is 0 Å². The number of aromatic nitrogens is 1. The van der Waals surface area contributed by atoms with Crippen LogP contribution in [0.5, 0.6) is 0 Å². The standard InChI is InChI=1S/C10H9N3OS/c11-8(14)7-9(12)15-10(13-7)6-4-2-1-3-5-6/h1-5H,12H2,(H2,11,14). The monoisotopic (exact) mass is 219 g/mol. The van der Waals surface area contributed by atoms with Crippen LogP contribution in [0.15, 0.2) is 30.3 Å². The largest absolute Gasteiger partial charge is 0.389 e. The van der Waals surface area contributed by atoms with Crippen LogP contribution in [0, 0.1) is 0 Å². The van der Waals surface area contributed by atoms with Crippen molar-refractivity contribution < 1.29 is 4.79 Å². The lowest BCUT2D eigenvalue weighted by Gasteiger charge is -1.92. The van der Waals surface area contributed by atoms with Crippen LogP contribution in [0.4, 0.5) is 5.00 Å². The van der Waals surface area contributed by atoms with Crippen molar-refractivity contribution in [2.45, 2.75) is 0 Å². The van der Waals surface area contributed by atoms with Gasteiger partial charge in [0.1, 0.15) is 10.0 Å². The molecule has 1 aromatic carbocycles. The normalized spacial score (nSPS) is 10.1. The molecule has 0 saturated heterocycles. The van der Waals surface area contributed by atoms with Gasteiger partial charge in [-0.2, -0.15) is 0 Å². The molecule has 0 aliphatic rings. The van der Waals surface area contributed by atoms with Crippen molar-refractivity contribution in [2.24, 2.45) is 5.73 Å². The fraction of sp³-hybridized carbons (Fsp3) is 0. The number of nitrogens with two attached hydrogens (primary N) is 2. The van der Waals surface area contributed by atoms with Crippen molar-refractivity contribution in [1.82, 2.24) is 4.98 Å². The number of carbonyl (C=O) groups excluding carboxylic acids is 1. The molecule has 0 radical (unpaired) electrons. The number of nitrogen functional groups attached to an aromatic ring is 1. The third kappa shape index (κ3) is 1.82. The Balaban J connectivity index is 2.48. The Morgan fingerprint density at radius 3 is 2.47 bits per heavy atom. The first-order valence-corrected chi connectivity index (χ1v) is 5.11. The van der Waals surface area contributed by atoms with Gasteiger partial charge in [0, 0.05) is 5.56 Å². The molecule has 0 bridgehead atoms. The van der Waals surface area contributed by atoms with E-state index in [-0.39, 0.29) is 5.69 Å². The Morgan fingerprint density at radius 1 is 1.27 bits per heavy atom. The van der Waals surface area contributed by atoms with Gasteiger partial charge in [-0.15, -0.1) is 0 Å². The Hall–Kier alpha value is -1.88. The molecule has 0 aliphatic carbocycles. The minimum absolute atomic E-state index is 0.152. The van der Waals surface area contributed by atoms with Gasteiger partial charge in [0.25, 0.3) is 5.91 Å². The summed E-state index contributed by atoms with van der Waals surface area (Å²) in [5.41, 5.74) is 11.8. The SMILES string of the molecule is NC(=O)c1nc(-c2ccccc2)sc1N. The highest BCUT2D eigenvalue weighted by Gasteiger charge is 2.13. The lowest BCUT2D eigenvalue weighted by atomic mass is 10.2. The van der Waals surface area contributed by atoms with Crippen molar-refractivity contribution in [3.05, 3.63) is 36.0 Å². The number of primary amides is 1. The van der Waals surface area contributed by atoms with E-state index in [1.54, 1.807) is 0 Å². The van der Waals surface area contributed by atoms with E-state index in [0.29, 0.717) is 10.0 Å². The van der Waals surface area contributed by atoms with E-state index in [9.17, 15) is 4.79 Å². The van der Waals surface area contributed by atoms with Gasteiger partial charge in [-0.1, -0.05) is 41.7 Å². The quantitative estimate of drug-likeness (QED) is 0.802. The summed E-state index contributed by atoms with van der Waals surface area (Å²) in [6.07, 6.45) is 0. The van der Waals surface area contributed by atoms with Gasteiger partial charge in [0.15, 0.2) is 5.69 Å². The molecule has 0 fully saturated rings. The van der Waals surface area contributed by atoms with Crippen LogP contribution in [0.2, 0.25) is 0 Å². The molecule has 4 nitrogen and oxygen atoms in total. The van der Waals surface area contributed by atoms with Crippen LogP contribution in [0.25, 0.3) is 10.6 Å². The molecule has 1 amide bonds. The fourth-order valence-corrected chi connectivity index (χ4v) is 2.05. The first-order chi connectivity index (χ1) is 7.18. The lowest BCUT2D eigenvalue weighted by molar-refractivity contribution is 0.0997. The average Bonchev–Trinajstić information content (AvgIpc) is 2.62. The van der Waals surface area contributed by atoms with Gasteiger partial charge >= 0.3 is 0 Å². The smallest absolute Gasteiger partial charge is 0.270 e. The molecule has 1 aromatic heterocycles. The summed E-state index contributed by atoms with van der Waals surface area (Å²) in [6.45, 7) is 0. The molecular formula is C10H9N3OS. The van der Waals surface area contributed by atoms with E-state index < -0.39 is 5.91 Å². The number of carbonyl (C=O) groups is 1. The molecule has 0 atom stereocenters. The fourth-order valence-electron chi connectivity index (χ4n) is 1.21. The minimum atomic E-state index is -0.592. The van der Waals surface area contributed by atoms with Gasteiger partial charge in [-0.3, -0.25) is 4.79 Å². The first kappa shape index (κ1) is 9.67. The summed E-state index contributed by atoms with van der Waals surface area (Å²) >= 11 is 1.26. The summed E-state index contributed by atoms with van der Waals surface area (Å²) in [7, 11) is 0. The molecule has 2 aromatic rings. The van der Waals surface area contributed by atoms with E-state index in [2.05, 4.69) is 4.98 Å². The Kier molecular flexibility index (Phi) is 2.39. The van der Waals surface area contributed by atoms with Gasteiger partial charge in [0.05, 0.1) is 0 Å². The lowest BCUT2D eigenvalue weighted by Crippen LogP contribution is -2.13. The number of anilines is 1. The van der Waals surface area contributed by atoms with Gasteiger partial charge in [-0.25, -0.2) is 4.98 Å². The molecule has 5 heteroatoms. The van der Waals surface area contributed by atoms with Crippen molar-refractivity contribution in [3.63, 3.8) is 0 Å². The number of hydrogen-bond acceptors (Lipinski definition) is 4. The number of hydrogen-bond donors (Lipinski definition) is 2. The maximum atomic E-state index is 11.0. The second-order valence-corrected chi connectivity index (χ2v) is 3.99. The highest BCUT2D eigenvalue weighted by Crippen LogP contribution is 2.29. The van der Waals surface area contributed by atoms with E-state index in [1.807, 2.05) is 30.3 Å². The van der Waals surface area contributed by atoms with E-state index in [1.165, 1.54) is 11.3 Å². The number of thiazole rings is 1. The third-order valence-corrected chi connectivity index (χ3v) is 2.84. The minimum Gasteiger partial charge on any atom is -0.389 e. The second kappa shape index (κ2) is 3.70. The summed E-state index contributed by atoms with van der Waals surface area (Å²) in [5, 5.41) is 1.07. The molecule has 0 saturated carbocycles. The Morgan fingerprint density at radius 2 is 1.93 bits per heavy atom. The summed E-state index contributed by atoms with van der Waals surface area (Å²) in [4.78, 5) is 15.1.